The highest BCUT2D eigenvalue weighted by Gasteiger charge is 2.17. The molecule has 39 heavy (non-hydrogen) atoms. The van der Waals surface area contributed by atoms with Gasteiger partial charge in [-0.15, -0.1) is 0 Å². The van der Waals surface area contributed by atoms with Gasteiger partial charge >= 0.3 is 0 Å². The van der Waals surface area contributed by atoms with Gasteiger partial charge in [0.2, 0.25) is 0 Å². The van der Waals surface area contributed by atoms with Crippen LogP contribution < -0.4 is 0 Å². The summed E-state index contributed by atoms with van der Waals surface area (Å²) in [5.41, 5.74) is 1.21. The second kappa shape index (κ2) is 8.72. The predicted octanol–water partition coefficient (Wildman–Crippen LogP) is 10.9. The van der Waals surface area contributed by atoms with Crippen molar-refractivity contribution in [2.45, 2.75) is 0 Å². The van der Waals surface area contributed by atoms with Gasteiger partial charge in [-0.2, -0.15) is 0 Å². The number of benzene rings is 7. The molecule has 0 atom stereocenters. The van der Waals surface area contributed by atoms with Crippen molar-refractivity contribution >= 4 is 43.5 Å². The molecule has 1 aromatic heterocycles. The van der Waals surface area contributed by atoms with Gasteiger partial charge in [-0.1, -0.05) is 121 Å². The van der Waals surface area contributed by atoms with Gasteiger partial charge in [0.15, 0.2) is 0 Å². The first-order valence-corrected chi connectivity index (χ1v) is 12.5. The Hall–Kier alpha value is -5.14. The zero-order valence-corrected chi connectivity index (χ0v) is 20.4. The second-order valence-corrected chi connectivity index (χ2v) is 9.22. The first-order chi connectivity index (χ1) is 24.0. The number of furan rings is 1. The summed E-state index contributed by atoms with van der Waals surface area (Å²) in [6.07, 6.45) is 0. The Bertz CT molecular complexity index is 2710. The van der Waals surface area contributed by atoms with E-state index in [1.807, 2.05) is 78.9 Å². The van der Waals surface area contributed by atoms with Crippen LogP contribution in [0.25, 0.3) is 76.9 Å². The van der Waals surface area contributed by atoms with E-state index < -0.39 is 54.4 Å². The summed E-state index contributed by atoms with van der Waals surface area (Å²) in [5, 5.41) is 2.76. The molecule has 0 aliphatic carbocycles. The number of rotatable bonds is 3. The molecule has 0 amide bonds. The van der Waals surface area contributed by atoms with Crippen LogP contribution in [-0.2, 0) is 0 Å². The van der Waals surface area contributed by atoms with E-state index in [9.17, 15) is 2.74 Å². The van der Waals surface area contributed by atoms with Gasteiger partial charge < -0.3 is 4.42 Å². The van der Waals surface area contributed by atoms with Crippen LogP contribution in [0.2, 0.25) is 0 Å². The molecule has 1 heteroatoms. The van der Waals surface area contributed by atoms with E-state index in [1.165, 1.54) is 0 Å². The van der Waals surface area contributed by atoms with Crippen molar-refractivity contribution in [1.82, 2.24) is 0 Å². The number of hydrogen-bond donors (Lipinski definition) is 0. The maximum Gasteiger partial charge on any atom is 0.135 e. The molecule has 1 heterocycles. The quantitative estimate of drug-likeness (QED) is 0.217. The molecule has 0 aliphatic heterocycles. The lowest BCUT2D eigenvalue weighted by Crippen LogP contribution is -1.91. The minimum atomic E-state index is -0.575. The molecule has 0 bridgehead atoms. The number of para-hydroxylation sites is 1. The van der Waals surface area contributed by atoms with E-state index in [1.54, 1.807) is 0 Å². The lowest BCUT2D eigenvalue weighted by atomic mass is 9.85. The molecule has 1 nitrogen and oxygen atoms in total. The molecular formula is C38H24O. The fourth-order valence-corrected chi connectivity index (χ4v) is 5.34. The highest BCUT2D eigenvalue weighted by atomic mass is 16.3. The van der Waals surface area contributed by atoms with Crippen molar-refractivity contribution in [3.8, 4) is 33.4 Å². The summed E-state index contributed by atoms with van der Waals surface area (Å²) in [6.45, 7) is 0. The highest BCUT2D eigenvalue weighted by Crippen LogP contribution is 2.44. The van der Waals surface area contributed by atoms with E-state index in [0.717, 1.165) is 21.9 Å². The van der Waals surface area contributed by atoms with Crippen molar-refractivity contribution in [1.29, 1.82) is 0 Å². The molecule has 182 valence electrons. The van der Waals surface area contributed by atoms with Gasteiger partial charge in [-0.25, -0.2) is 0 Å². The van der Waals surface area contributed by atoms with E-state index in [4.69, 9.17) is 16.8 Å². The Morgan fingerprint density at radius 3 is 1.67 bits per heavy atom. The van der Waals surface area contributed by atoms with Crippen LogP contribution in [0.4, 0.5) is 0 Å². The van der Waals surface area contributed by atoms with Crippen LogP contribution in [-0.4, -0.2) is 0 Å². The summed E-state index contributed by atoms with van der Waals surface area (Å²) in [4.78, 5) is 0. The van der Waals surface area contributed by atoms with E-state index in [-0.39, 0.29) is 50.7 Å². The van der Waals surface area contributed by atoms with Gasteiger partial charge in [-0.05, 0) is 79.1 Å². The lowest BCUT2D eigenvalue weighted by Gasteiger charge is -2.18. The average Bonchev–Trinajstić information content (AvgIpc) is 3.54. The zero-order chi connectivity index (χ0) is 35.3. The molecule has 0 spiro atoms. The van der Waals surface area contributed by atoms with Crippen molar-refractivity contribution in [3.63, 3.8) is 0 Å². The average molecular weight is 508 g/mol. The van der Waals surface area contributed by atoms with Crippen LogP contribution in [0, 0.1) is 0 Å². The van der Waals surface area contributed by atoms with Crippen molar-refractivity contribution in [3.05, 3.63) is 145 Å². The van der Waals surface area contributed by atoms with Gasteiger partial charge in [0.05, 0.1) is 15.1 Å². The highest BCUT2D eigenvalue weighted by molar-refractivity contribution is 6.21. The Labute approximate surface area is 242 Å². The molecule has 8 rings (SSSR count). The molecule has 0 saturated carbocycles. The van der Waals surface area contributed by atoms with Crippen molar-refractivity contribution < 1.29 is 19.5 Å². The standard InChI is InChI=1S/C38H24O/c1-2-11-25(12-3-1)37-30-16-4-6-18-32(30)38(33-19-7-5-17-31(33)37)28-14-10-13-26(23-28)27-21-22-36-34(24-27)29-15-8-9-20-35(29)39-36/h1-24H/i8D,9D,10D,13D,14D,15D,20D,21D,22D,23D,24D. The monoisotopic (exact) mass is 507 g/mol. The third-order valence-corrected chi connectivity index (χ3v) is 7.00. The number of fused-ring (bicyclic) bond motifs is 5. The number of hydrogen-bond acceptors (Lipinski definition) is 1. The fraction of sp³-hybridized carbons (Fsp3) is 0. The van der Waals surface area contributed by atoms with Crippen molar-refractivity contribution in [2.75, 3.05) is 0 Å². The third kappa shape index (κ3) is 3.48. The summed E-state index contributed by atoms with van der Waals surface area (Å²) < 4.78 is 103. The van der Waals surface area contributed by atoms with Gasteiger partial charge in [-0.3, -0.25) is 0 Å². The minimum Gasteiger partial charge on any atom is -0.456 e. The predicted molar refractivity (Wildman–Crippen MR) is 165 cm³/mol. The second-order valence-electron chi connectivity index (χ2n) is 9.22. The molecule has 0 N–H and O–H groups in total. The molecule has 0 fully saturated rings. The van der Waals surface area contributed by atoms with E-state index in [2.05, 4.69) is 0 Å². The maximum atomic E-state index is 9.61. The molecule has 0 aliphatic rings. The van der Waals surface area contributed by atoms with E-state index >= 15 is 0 Å². The summed E-state index contributed by atoms with van der Waals surface area (Å²) in [6, 6.07) is 19.4. The maximum absolute atomic E-state index is 9.61. The molecule has 0 radical (unpaired) electrons. The SMILES string of the molecule is [2H]c1c([2H])c(-c2c([2H])c([2H])c3oc4c([2H])c([2H])c([2H])c([2H])c4c3c2[2H])c([2H])c(-c2c3ccccc3c(-c3ccccc3)c3ccccc23)c1[2H]. The largest absolute Gasteiger partial charge is 0.456 e. The third-order valence-electron chi connectivity index (χ3n) is 7.00. The fourth-order valence-electron chi connectivity index (χ4n) is 5.34. The Morgan fingerprint density at radius 2 is 0.949 bits per heavy atom. The van der Waals surface area contributed by atoms with Gasteiger partial charge in [0.25, 0.3) is 0 Å². The first-order valence-electron chi connectivity index (χ1n) is 18.0. The van der Waals surface area contributed by atoms with Crippen LogP contribution in [0.5, 0.6) is 0 Å². The van der Waals surface area contributed by atoms with Gasteiger partial charge in [0, 0.05) is 10.8 Å². The Kier molecular flexibility index (Phi) is 3.04. The Morgan fingerprint density at radius 1 is 0.385 bits per heavy atom. The smallest absolute Gasteiger partial charge is 0.135 e. The first kappa shape index (κ1) is 13.6. The van der Waals surface area contributed by atoms with Crippen LogP contribution >= 0.6 is 0 Å². The topological polar surface area (TPSA) is 13.1 Å². The lowest BCUT2D eigenvalue weighted by molar-refractivity contribution is 0.669. The molecule has 7 aromatic carbocycles. The summed E-state index contributed by atoms with van der Waals surface area (Å²) in [7, 11) is 0. The van der Waals surface area contributed by atoms with Crippen molar-refractivity contribution in [2.24, 2.45) is 0 Å². The molecule has 0 saturated heterocycles. The molecule has 0 unspecified atom stereocenters. The van der Waals surface area contributed by atoms with Crippen LogP contribution in [0.3, 0.4) is 0 Å². The summed E-state index contributed by atoms with van der Waals surface area (Å²) >= 11 is 0. The Balaban J connectivity index is 1.54. The van der Waals surface area contributed by atoms with E-state index in [0.29, 0.717) is 16.3 Å². The normalized spacial score (nSPS) is 15.5. The zero-order valence-electron chi connectivity index (χ0n) is 31.4. The van der Waals surface area contributed by atoms with Crippen LogP contribution in [0.15, 0.2) is 150 Å². The minimum absolute atomic E-state index is 0.0254. The summed E-state index contributed by atoms with van der Waals surface area (Å²) in [5.74, 6) is 0. The van der Waals surface area contributed by atoms with Gasteiger partial charge in [0.1, 0.15) is 11.2 Å². The van der Waals surface area contributed by atoms with Crippen LogP contribution in [0.1, 0.15) is 15.1 Å². The molecule has 8 aromatic rings. The molecular weight excluding hydrogens is 472 g/mol.